The number of piperidine rings is 1. The summed E-state index contributed by atoms with van der Waals surface area (Å²) in [6, 6.07) is 6.42. The van der Waals surface area contributed by atoms with Crippen LogP contribution >= 0.6 is 0 Å². The van der Waals surface area contributed by atoms with Crippen LogP contribution in [0.2, 0.25) is 0 Å². The Kier molecular flexibility index (Phi) is 5.12. The monoisotopic (exact) mass is 275 g/mol. The number of nitrogens with zero attached hydrogens (tertiary/aromatic N) is 2. The van der Waals surface area contributed by atoms with Crippen molar-refractivity contribution >= 4 is 5.91 Å². The van der Waals surface area contributed by atoms with Gasteiger partial charge in [-0.25, -0.2) is 0 Å². The molecule has 1 saturated heterocycles. The quantitative estimate of drug-likeness (QED) is 0.915. The molecule has 4 heteroatoms. The maximum absolute atomic E-state index is 12.6. The second-order valence-corrected chi connectivity index (χ2v) is 5.70. The molecule has 0 bridgehead atoms. The predicted molar refractivity (Wildman–Crippen MR) is 80.3 cm³/mol. The first-order valence-corrected chi connectivity index (χ1v) is 7.55. The van der Waals surface area contributed by atoms with Gasteiger partial charge in [0.05, 0.1) is 12.2 Å². The molecule has 2 atom stereocenters. The largest absolute Gasteiger partial charge is 0.337 e. The molecule has 110 valence electrons. The van der Waals surface area contributed by atoms with E-state index in [-0.39, 0.29) is 11.8 Å². The number of amides is 1. The Balaban J connectivity index is 2.02. The van der Waals surface area contributed by atoms with Crippen molar-refractivity contribution in [1.29, 1.82) is 0 Å². The molecule has 1 aromatic rings. The van der Waals surface area contributed by atoms with Crippen LogP contribution in [-0.4, -0.2) is 34.9 Å². The highest BCUT2D eigenvalue weighted by atomic mass is 16.2. The van der Waals surface area contributed by atoms with Crippen LogP contribution in [0.1, 0.15) is 38.1 Å². The van der Waals surface area contributed by atoms with Gasteiger partial charge in [-0.2, -0.15) is 0 Å². The van der Waals surface area contributed by atoms with Crippen LogP contribution < -0.4 is 5.32 Å². The lowest BCUT2D eigenvalue weighted by molar-refractivity contribution is -0.137. The van der Waals surface area contributed by atoms with Gasteiger partial charge in [-0.15, -0.1) is 0 Å². The van der Waals surface area contributed by atoms with E-state index >= 15 is 0 Å². The molecule has 1 fully saturated rings. The van der Waals surface area contributed by atoms with Crippen LogP contribution in [0.4, 0.5) is 0 Å². The number of hydrogen-bond acceptors (Lipinski definition) is 3. The summed E-state index contributed by atoms with van der Waals surface area (Å²) in [6.45, 7) is 8.48. The molecule has 1 aliphatic rings. The Morgan fingerprint density at radius 3 is 2.95 bits per heavy atom. The molecule has 0 radical (unpaired) electrons. The van der Waals surface area contributed by atoms with Crippen molar-refractivity contribution in [2.75, 3.05) is 13.1 Å². The third-order valence-corrected chi connectivity index (χ3v) is 3.97. The third-order valence-electron chi connectivity index (χ3n) is 3.97. The number of carbonyl (C=O) groups is 1. The number of carbonyl (C=O) groups excluding carboxylic acids is 1. The number of hydrogen-bond donors (Lipinski definition) is 1. The number of nitrogens with one attached hydrogen (secondary N) is 1. The Morgan fingerprint density at radius 2 is 2.30 bits per heavy atom. The average Bonchev–Trinajstić information content (AvgIpc) is 2.44. The van der Waals surface area contributed by atoms with Gasteiger partial charge in [0.2, 0.25) is 5.91 Å². The maximum atomic E-state index is 12.6. The minimum Gasteiger partial charge on any atom is -0.337 e. The zero-order chi connectivity index (χ0) is 14.5. The Hall–Kier alpha value is -1.42. The fourth-order valence-electron chi connectivity index (χ4n) is 2.84. The molecular weight excluding hydrogens is 250 g/mol. The summed E-state index contributed by atoms with van der Waals surface area (Å²) < 4.78 is 0. The minimum absolute atomic E-state index is 0.163. The molecule has 1 amide bonds. The Labute approximate surface area is 121 Å². The predicted octanol–water partition coefficient (Wildman–Crippen LogP) is 2.13. The van der Waals surface area contributed by atoms with E-state index in [0.29, 0.717) is 12.6 Å². The molecule has 0 aliphatic carbocycles. The van der Waals surface area contributed by atoms with Gasteiger partial charge in [-0.1, -0.05) is 6.07 Å². The molecule has 2 unspecified atom stereocenters. The topological polar surface area (TPSA) is 45.2 Å². The van der Waals surface area contributed by atoms with E-state index in [9.17, 15) is 4.79 Å². The van der Waals surface area contributed by atoms with Crippen molar-refractivity contribution in [2.24, 2.45) is 5.92 Å². The zero-order valence-electron chi connectivity index (χ0n) is 12.7. The molecule has 2 heterocycles. The molecule has 4 nitrogen and oxygen atoms in total. The highest BCUT2D eigenvalue weighted by Crippen LogP contribution is 2.19. The summed E-state index contributed by atoms with van der Waals surface area (Å²) in [6.07, 6.45) is 1.89. The van der Waals surface area contributed by atoms with Crippen molar-refractivity contribution < 1.29 is 4.79 Å². The van der Waals surface area contributed by atoms with Crippen molar-refractivity contribution in [2.45, 2.75) is 46.2 Å². The number of aromatic nitrogens is 1. The molecule has 1 aromatic heterocycles. The second-order valence-electron chi connectivity index (χ2n) is 5.70. The standard InChI is InChI=1S/C16H25N3O/c1-4-19(11-15-7-5-6-12(2)18-15)16(20)14-8-9-17-13(3)10-14/h5-7,13-14,17H,4,8-11H2,1-3H3. The van der Waals surface area contributed by atoms with E-state index in [1.54, 1.807) is 0 Å². The first-order valence-electron chi connectivity index (χ1n) is 7.55. The van der Waals surface area contributed by atoms with Gasteiger partial charge in [-0.3, -0.25) is 9.78 Å². The molecular formula is C16H25N3O. The number of pyridine rings is 1. The van der Waals surface area contributed by atoms with Crippen LogP contribution in [0.25, 0.3) is 0 Å². The van der Waals surface area contributed by atoms with Crippen molar-refractivity contribution in [3.8, 4) is 0 Å². The minimum atomic E-state index is 0.163. The molecule has 0 saturated carbocycles. The molecule has 1 aliphatic heterocycles. The summed E-state index contributed by atoms with van der Waals surface area (Å²) in [5.41, 5.74) is 1.98. The highest BCUT2D eigenvalue weighted by Gasteiger charge is 2.28. The first kappa shape index (κ1) is 15.0. The van der Waals surface area contributed by atoms with Crippen molar-refractivity contribution in [1.82, 2.24) is 15.2 Å². The maximum Gasteiger partial charge on any atom is 0.226 e. The van der Waals surface area contributed by atoms with Crippen LogP contribution in [0.5, 0.6) is 0 Å². The zero-order valence-corrected chi connectivity index (χ0v) is 12.7. The Bertz CT molecular complexity index is 461. The molecule has 1 N–H and O–H groups in total. The van der Waals surface area contributed by atoms with Gasteiger partial charge in [0.25, 0.3) is 0 Å². The van der Waals surface area contributed by atoms with Crippen molar-refractivity contribution in [3.63, 3.8) is 0 Å². The first-order chi connectivity index (χ1) is 9.60. The summed E-state index contributed by atoms with van der Waals surface area (Å²) >= 11 is 0. The van der Waals surface area contributed by atoms with Gasteiger partial charge in [-0.05, 0) is 52.3 Å². The fraction of sp³-hybridized carbons (Fsp3) is 0.625. The average molecular weight is 275 g/mol. The van der Waals surface area contributed by atoms with Gasteiger partial charge in [0, 0.05) is 24.2 Å². The molecule has 0 spiro atoms. The van der Waals surface area contributed by atoms with E-state index < -0.39 is 0 Å². The normalized spacial score (nSPS) is 22.6. The van der Waals surface area contributed by atoms with Gasteiger partial charge < -0.3 is 10.2 Å². The number of rotatable bonds is 4. The lowest BCUT2D eigenvalue weighted by Crippen LogP contribution is -2.44. The smallest absolute Gasteiger partial charge is 0.226 e. The third kappa shape index (κ3) is 3.79. The van der Waals surface area contributed by atoms with Crippen LogP contribution in [0, 0.1) is 12.8 Å². The van der Waals surface area contributed by atoms with Crippen LogP contribution in [0.3, 0.4) is 0 Å². The van der Waals surface area contributed by atoms with E-state index in [1.165, 1.54) is 0 Å². The van der Waals surface area contributed by atoms with Crippen LogP contribution in [-0.2, 0) is 11.3 Å². The van der Waals surface area contributed by atoms with E-state index in [0.717, 1.165) is 37.3 Å². The number of aryl methyl sites for hydroxylation is 1. The SMILES string of the molecule is CCN(Cc1cccc(C)n1)C(=O)C1CCNC(C)C1. The summed E-state index contributed by atoms with van der Waals surface area (Å²) in [4.78, 5) is 19.1. The second kappa shape index (κ2) is 6.84. The fourth-order valence-corrected chi connectivity index (χ4v) is 2.84. The van der Waals surface area contributed by atoms with E-state index in [1.807, 2.05) is 36.9 Å². The van der Waals surface area contributed by atoms with Gasteiger partial charge in [0.15, 0.2) is 0 Å². The molecule has 2 rings (SSSR count). The van der Waals surface area contributed by atoms with Crippen molar-refractivity contribution in [3.05, 3.63) is 29.6 Å². The summed E-state index contributed by atoms with van der Waals surface area (Å²) in [7, 11) is 0. The Morgan fingerprint density at radius 1 is 1.50 bits per heavy atom. The van der Waals surface area contributed by atoms with E-state index in [2.05, 4.69) is 17.2 Å². The van der Waals surface area contributed by atoms with Gasteiger partial charge >= 0.3 is 0 Å². The van der Waals surface area contributed by atoms with E-state index in [4.69, 9.17) is 0 Å². The highest BCUT2D eigenvalue weighted by molar-refractivity contribution is 5.79. The summed E-state index contributed by atoms with van der Waals surface area (Å²) in [5, 5.41) is 3.40. The lowest BCUT2D eigenvalue weighted by atomic mass is 9.92. The lowest BCUT2D eigenvalue weighted by Gasteiger charge is -2.31. The van der Waals surface area contributed by atoms with Gasteiger partial charge in [0.1, 0.15) is 0 Å². The summed E-state index contributed by atoms with van der Waals surface area (Å²) in [5.74, 6) is 0.445. The molecule has 0 aromatic carbocycles. The molecule has 20 heavy (non-hydrogen) atoms. The van der Waals surface area contributed by atoms with Crippen LogP contribution in [0.15, 0.2) is 18.2 Å².